The number of anilines is 1. The van der Waals surface area contributed by atoms with Crippen molar-refractivity contribution in [3.8, 4) is 11.3 Å². The summed E-state index contributed by atoms with van der Waals surface area (Å²) in [6.45, 7) is 4.47. The van der Waals surface area contributed by atoms with Crippen molar-refractivity contribution in [2.24, 2.45) is 0 Å². The number of fused-ring (bicyclic) bond motifs is 2. The number of aromatic amines is 1. The second-order valence-corrected chi connectivity index (χ2v) is 8.72. The molecule has 0 spiro atoms. The largest absolute Gasteiger partial charge is 0.490 e. The lowest BCUT2D eigenvalue weighted by Gasteiger charge is -2.28. The Labute approximate surface area is 214 Å². The fraction of sp³-hybridized carbons (Fsp3) is 0.231. The van der Waals surface area contributed by atoms with Crippen molar-refractivity contribution < 1.29 is 32.3 Å². The number of carbonyl (C=O) groups excluding carboxylic acids is 1. The quantitative estimate of drug-likeness (QED) is 0.288. The fourth-order valence-electron chi connectivity index (χ4n) is 4.17. The van der Waals surface area contributed by atoms with E-state index < -0.39 is 12.1 Å². The zero-order valence-corrected chi connectivity index (χ0v) is 20.3. The van der Waals surface area contributed by atoms with Crippen molar-refractivity contribution in [1.29, 1.82) is 0 Å². The predicted octanol–water partition coefficient (Wildman–Crippen LogP) is 5.86. The van der Waals surface area contributed by atoms with Gasteiger partial charge in [0.2, 0.25) is 0 Å². The Morgan fingerprint density at radius 1 is 1.13 bits per heavy atom. The molecule has 2 amide bonds. The van der Waals surface area contributed by atoms with Crippen LogP contribution in [0, 0.1) is 12.7 Å². The summed E-state index contributed by atoms with van der Waals surface area (Å²) in [5.74, 6) is -3.04. The topological polar surface area (TPSA) is 111 Å². The Morgan fingerprint density at radius 2 is 1.82 bits per heavy atom. The fourth-order valence-corrected chi connectivity index (χ4v) is 4.17. The SMILES string of the molecule is Cc1cc(-c2n[nH]c3cc4c(cc23)CCN([C@H](C)c2ccc(F)cc2)C(=O)N4)ccn1.O=C(O)C(F)(F)F. The van der Waals surface area contributed by atoms with E-state index >= 15 is 0 Å². The summed E-state index contributed by atoms with van der Waals surface area (Å²) in [6.07, 6.45) is -2.60. The lowest BCUT2D eigenvalue weighted by atomic mass is 10.0. The Hall–Kier alpha value is -4.48. The van der Waals surface area contributed by atoms with Crippen molar-refractivity contribution in [2.75, 3.05) is 11.9 Å². The van der Waals surface area contributed by atoms with Crippen LogP contribution in [-0.4, -0.2) is 49.9 Å². The third-order valence-electron chi connectivity index (χ3n) is 6.14. The van der Waals surface area contributed by atoms with Crippen LogP contribution in [0.3, 0.4) is 0 Å². The van der Waals surface area contributed by atoms with Gasteiger partial charge in [0, 0.05) is 35.1 Å². The van der Waals surface area contributed by atoms with E-state index in [1.165, 1.54) is 12.1 Å². The highest BCUT2D eigenvalue weighted by Crippen LogP contribution is 2.33. The summed E-state index contributed by atoms with van der Waals surface area (Å²) >= 11 is 0. The average Bonchev–Trinajstić information content (AvgIpc) is 3.19. The molecular formula is C26H23F4N5O3. The molecule has 5 rings (SSSR count). The standard InChI is InChI=1S/C24H22FN5O.C2HF3O2/c1-14-11-18(7-9-26-14)23-20-12-17-8-10-30(15(2)16-3-5-19(25)6-4-16)24(31)27-21(17)13-22(20)28-29-23;3-2(4,5)1(6)7/h3-7,9,11-13,15H,8,10H2,1-2H3,(H,27,31)(H,28,29);(H,6,7)/t15-;/m1./s1. The van der Waals surface area contributed by atoms with Gasteiger partial charge in [-0.1, -0.05) is 12.1 Å². The van der Waals surface area contributed by atoms with Gasteiger partial charge in [0.05, 0.1) is 11.6 Å². The number of aliphatic carboxylic acids is 1. The molecule has 38 heavy (non-hydrogen) atoms. The molecule has 0 saturated heterocycles. The Kier molecular flexibility index (Phi) is 7.33. The molecule has 0 bridgehead atoms. The van der Waals surface area contributed by atoms with Gasteiger partial charge >= 0.3 is 18.2 Å². The van der Waals surface area contributed by atoms with Crippen molar-refractivity contribution in [1.82, 2.24) is 20.1 Å². The first-order valence-corrected chi connectivity index (χ1v) is 11.5. The van der Waals surface area contributed by atoms with Crippen LogP contribution in [0.25, 0.3) is 22.2 Å². The highest BCUT2D eigenvalue weighted by molar-refractivity contribution is 5.99. The van der Waals surface area contributed by atoms with E-state index in [2.05, 4.69) is 26.6 Å². The van der Waals surface area contributed by atoms with Crippen LogP contribution < -0.4 is 5.32 Å². The molecule has 1 aliphatic heterocycles. The number of urea groups is 1. The molecular weight excluding hydrogens is 506 g/mol. The van der Waals surface area contributed by atoms with Crippen molar-refractivity contribution in [3.63, 3.8) is 0 Å². The number of aromatic nitrogens is 3. The first kappa shape index (κ1) is 26.6. The molecule has 198 valence electrons. The van der Waals surface area contributed by atoms with Gasteiger partial charge in [0.15, 0.2) is 0 Å². The highest BCUT2D eigenvalue weighted by atomic mass is 19.4. The van der Waals surface area contributed by atoms with Crippen LogP contribution in [0.2, 0.25) is 0 Å². The molecule has 1 aliphatic rings. The van der Waals surface area contributed by atoms with Gasteiger partial charge in [-0.2, -0.15) is 18.3 Å². The minimum atomic E-state index is -5.08. The smallest absolute Gasteiger partial charge is 0.475 e. The number of benzene rings is 2. The lowest BCUT2D eigenvalue weighted by molar-refractivity contribution is -0.192. The number of pyridine rings is 1. The first-order chi connectivity index (χ1) is 17.9. The van der Waals surface area contributed by atoms with Crippen LogP contribution in [-0.2, 0) is 11.2 Å². The van der Waals surface area contributed by atoms with Crippen molar-refractivity contribution in [3.05, 3.63) is 77.4 Å². The molecule has 3 heterocycles. The van der Waals surface area contributed by atoms with Crippen LogP contribution in [0.15, 0.2) is 54.7 Å². The molecule has 1 atom stereocenters. The van der Waals surface area contributed by atoms with Gasteiger partial charge in [-0.25, -0.2) is 14.0 Å². The monoisotopic (exact) mass is 529 g/mol. The van der Waals surface area contributed by atoms with Crippen molar-refractivity contribution in [2.45, 2.75) is 32.5 Å². The molecule has 0 saturated carbocycles. The number of hydrogen-bond acceptors (Lipinski definition) is 4. The van der Waals surface area contributed by atoms with E-state index in [-0.39, 0.29) is 17.9 Å². The van der Waals surface area contributed by atoms with E-state index in [0.717, 1.165) is 44.7 Å². The summed E-state index contributed by atoms with van der Waals surface area (Å²) in [6, 6.07) is 14.0. The summed E-state index contributed by atoms with van der Waals surface area (Å²) in [7, 11) is 0. The third kappa shape index (κ3) is 5.74. The van der Waals surface area contributed by atoms with Gasteiger partial charge in [-0.05, 0) is 67.8 Å². The number of nitrogens with one attached hydrogen (secondary N) is 2. The number of carbonyl (C=O) groups is 2. The van der Waals surface area contributed by atoms with Crippen LogP contribution in [0.4, 0.5) is 28.0 Å². The zero-order chi connectivity index (χ0) is 27.6. The van der Waals surface area contributed by atoms with E-state index in [1.807, 2.05) is 32.0 Å². The number of hydrogen-bond donors (Lipinski definition) is 3. The number of aryl methyl sites for hydroxylation is 1. The van der Waals surface area contributed by atoms with E-state index in [9.17, 15) is 22.4 Å². The minimum absolute atomic E-state index is 0.167. The van der Waals surface area contributed by atoms with Gasteiger partial charge in [0.1, 0.15) is 11.5 Å². The van der Waals surface area contributed by atoms with E-state index in [1.54, 1.807) is 23.2 Å². The molecule has 0 unspecified atom stereocenters. The third-order valence-corrected chi connectivity index (χ3v) is 6.14. The number of amides is 2. The summed E-state index contributed by atoms with van der Waals surface area (Å²) in [4.78, 5) is 27.9. The minimum Gasteiger partial charge on any atom is -0.475 e. The van der Waals surface area contributed by atoms with E-state index in [0.29, 0.717) is 13.0 Å². The number of rotatable bonds is 3. The van der Waals surface area contributed by atoms with Crippen molar-refractivity contribution >= 4 is 28.6 Å². The van der Waals surface area contributed by atoms with Gasteiger partial charge < -0.3 is 15.3 Å². The second-order valence-electron chi connectivity index (χ2n) is 8.72. The molecule has 0 aliphatic carbocycles. The van der Waals surface area contributed by atoms with E-state index in [4.69, 9.17) is 9.90 Å². The molecule has 2 aromatic heterocycles. The first-order valence-electron chi connectivity index (χ1n) is 11.5. The van der Waals surface area contributed by atoms with Crippen LogP contribution >= 0.6 is 0 Å². The number of alkyl halides is 3. The molecule has 0 fully saturated rings. The number of halogens is 4. The van der Waals surface area contributed by atoms with Gasteiger partial charge in [-0.3, -0.25) is 10.1 Å². The van der Waals surface area contributed by atoms with Gasteiger partial charge in [-0.15, -0.1) is 0 Å². The summed E-state index contributed by atoms with van der Waals surface area (Å²) in [5, 5.41) is 18.8. The molecule has 8 nitrogen and oxygen atoms in total. The highest BCUT2D eigenvalue weighted by Gasteiger charge is 2.38. The Morgan fingerprint density at radius 3 is 2.45 bits per heavy atom. The predicted molar refractivity (Wildman–Crippen MR) is 132 cm³/mol. The average molecular weight is 529 g/mol. The van der Waals surface area contributed by atoms with Crippen LogP contribution in [0.1, 0.15) is 29.8 Å². The molecule has 4 aromatic rings. The molecule has 0 radical (unpaired) electrons. The summed E-state index contributed by atoms with van der Waals surface area (Å²) < 4.78 is 45.0. The Balaban J connectivity index is 0.000000426. The lowest BCUT2D eigenvalue weighted by Crippen LogP contribution is -2.36. The molecule has 12 heteroatoms. The zero-order valence-electron chi connectivity index (χ0n) is 20.3. The second kappa shape index (κ2) is 10.5. The maximum atomic E-state index is 13.3. The maximum absolute atomic E-state index is 13.3. The molecule has 3 N–H and O–H groups in total. The number of nitrogens with zero attached hydrogens (tertiary/aromatic N) is 3. The normalized spacial score (nSPS) is 14.2. The Bertz CT molecular complexity index is 1480. The number of carboxylic acids is 1. The maximum Gasteiger partial charge on any atom is 0.490 e. The molecule has 2 aromatic carbocycles. The summed E-state index contributed by atoms with van der Waals surface area (Å²) in [5.41, 5.74) is 6.41. The van der Waals surface area contributed by atoms with Crippen LogP contribution in [0.5, 0.6) is 0 Å². The van der Waals surface area contributed by atoms with Gasteiger partial charge in [0.25, 0.3) is 0 Å². The number of carboxylic acid groups (broad SMARTS) is 1. The number of H-pyrrole nitrogens is 1.